The molecule has 3 rings (SSSR count). The molecule has 0 saturated carbocycles. The second-order valence-electron chi connectivity index (χ2n) is 6.24. The van der Waals surface area contributed by atoms with Gasteiger partial charge in [0, 0.05) is 31.3 Å². The van der Waals surface area contributed by atoms with Crippen LogP contribution in [0.15, 0.2) is 48.7 Å². The number of rotatable bonds is 6. The van der Waals surface area contributed by atoms with Crippen LogP contribution in [0.25, 0.3) is 0 Å². The molecule has 1 aliphatic rings. The Balaban J connectivity index is 1.53. The molecule has 1 aromatic heterocycles. The molecule has 1 atom stereocenters. The van der Waals surface area contributed by atoms with Crippen LogP contribution < -0.4 is 10.1 Å². The van der Waals surface area contributed by atoms with Crippen LogP contribution in [0.3, 0.4) is 0 Å². The van der Waals surface area contributed by atoms with E-state index < -0.39 is 0 Å². The smallest absolute Gasteiger partial charge is 0.251 e. The molecule has 0 radical (unpaired) electrons. The van der Waals surface area contributed by atoms with Crippen molar-refractivity contribution in [2.24, 2.45) is 0 Å². The fraction of sp³-hybridized carbons (Fsp3) is 0.350. The van der Waals surface area contributed by atoms with Crippen molar-refractivity contribution >= 4 is 11.8 Å². The number of methoxy groups -OCH3 is 1. The first-order chi connectivity index (χ1) is 12.7. The van der Waals surface area contributed by atoms with Crippen molar-refractivity contribution in [1.82, 2.24) is 15.2 Å². The molecule has 2 aromatic rings. The highest BCUT2D eigenvalue weighted by Gasteiger charge is 2.30. The second kappa shape index (κ2) is 8.47. The molecule has 0 aliphatic carbocycles. The van der Waals surface area contributed by atoms with E-state index in [9.17, 15) is 9.59 Å². The Morgan fingerprint density at radius 3 is 2.92 bits per heavy atom. The maximum Gasteiger partial charge on any atom is 0.251 e. The van der Waals surface area contributed by atoms with E-state index in [-0.39, 0.29) is 24.3 Å². The summed E-state index contributed by atoms with van der Waals surface area (Å²) in [6.45, 7) is 1.05. The highest BCUT2D eigenvalue weighted by atomic mass is 16.5. The van der Waals surface area contributed by atoms with Crippen LogP contribution in [-0.4, -0.2) is 41.9 Å². The van der Waals surface area contributed by atoms with Gasteiger partial charge in [-0.15, -0.1) is 0 Å². The SMILES string of the molecule is COc1cccc(C(=O)NCCC(=O)N2CCC[C@H]2c2ccccn2)c1. The van der Waals surface area contributed by atoms with Gasteiger partial charge in [-0.1, -0.05) is 12.1 Å². The minimum atomic E-state index is -0.209. The number of carbonyl (C=O) groups is 2. The van der Waals surface area contributed by atoms with Crippen LogP contribution in [0.5, 0.6) is 5.75 Å². The summed E-state index contributed by atoms with van der Waals surface area (Å²) in [7, 11) is 1.56. The lowest BCUT2D eigenvalue weighted by molar-refractivity contribution is -0.132. The Morgan fingerprint density at radius 2 is 2.15 bits per heavy atom. The first-order valence-electron chi connectivity index (χ1n) is 8.81. The summed E-state index contributed by atoms with van der Waals surface area (Å²) in [5, 5.41) is 2.80. The molecule has 0 bridgehead atoms. The number of aromatic nitrogens is 1. The summed E-state index contributed by atoms with van der Waals surface area (Å²) < 4.78 is 5.12. The summed E-state index contributed by atoms with van der Waals surface area (Å²) in [4.78, 5) is 31.0. The Kier molecular flexibility index (Phi) is 5.84. The number of hydrogen-bond donors (Lipinski definition) is 1. The third-order valence-corrected chi connectivity index (χ3v) is 4.56. The van der Waals surface area contributed by atoms with Gasteiger partial charge in [0.2, 0.25) is 5.91 Å². The molecule has 1 N–H and O–H groups in total. The molecule has 6 heteroatoms. The number of likely N-dealkylation sites (tertiary alicyclic amines) is 1. The number of benzene rings is 1. The van der Waals surface area contributed by atoms with Crippen molar-refractivity contribution in [1.29, 1.82) is 0 Å². The fourth-order valence-corrected chi connectivity index (χ4v) is 3.24. The number of carbonyl (C=O) groups excluding carboxylic acids is 2. The van der Waals surface area contributed by atoms with Gasteiger partial charge in [-0.25, -0.2) is 0 Å². The zero-order valence-electron chi connectivity index (χ0n) is 14.9. The summed E-state index contributed by atoms with van der Waals surface area (Å²) in [5.41, 5.74) is 1.45. The lowest BCUT2D eigenvalue weighted by Gasteiger charge is -2.24. The van der Waals surface area contributed by atoms with Crippen molar-refractivity contribution in [2.75, 3.05) is 20.2 Å². The lowest BCUT2D eigenvalue weighted by Crippen LogP contribution is -2.34. The van der Waals surface area contributed by atoms with Gasteiger partial charge >= 0.3 is 0 Å². The first-order valence-corrected chi connectivity index (χ1v) is 8.81. The monoisotopic (exact) mass is 353 g/mol. The average molecular weight is 353 g/mol. The molecule has 26 heavy (non-hydrogen) atoms. The van der Waals surface area contributed by atoms with Crippen molar-refractivity contribution in [3.63, 3.8) is 0 Å². The van der Waals surface area contributed by atoms with E-state index in [1.165, 1.54) is 0 Å². The molecule has 6 nitrogen and oxygen atoms in total. The van der Waals surface area contributed by atoms with Crippen LogP contribution in [0.2, 0.25) is 0 Å². The third kappa shape index (κ3) is 4.20. The van der Waals surface area contributed by atoms with Crippen LogP contribution >= 0.6 is 0 Å². The van der Waals surface area contributed by atoms with Gasteiger partial charge in [-0.2, -0.15) is 0 Å². The Bertz CT molecular complexity index is 764. The summed E-state index contributed by atoms with van der Waals surface area (Å²) in [6, 6.07) is 12.8. The molecule has 1 aromatic carbocycles. The van der Waals surface area contributed by atoms with Crippen molar-refractivity contribution in [2.45, 2.75) is 25.3 Å². The number of nitrogens with zero attached hydrogens (tertiary/aromatic N) is 2. The van der Waals surface area contributed by atoms with Crippen molar-refractivity contribution in [3.05, 3.63) is 59.9 Å². The topological polar surface area (TPSA) is 71.5 Å². The van der Waals surface area contributed by atoms with Gasteiger partial charge in [0.05, 0.1) is 18.8 Å². The molecule has 0 spiro atoms. The molecular weight excluding hydrogens is 330 g/mol. The predicted octanol–water partition coefficient (Wildman–Crippen LogP) is 2.57. The Hall–Kier alpha value is -2.89. The Labute approximate surface area is 153 Å². The fourth-order valence-electron chi connectivity index (χ4n) is 3.24. The van der Waals surface area contributed by atoms with E-state index in [2.05, 4.69) is 10.3 Å². The van der Waals surface area contributed by atoms with E-state index in [1.807, 2.05) is 23.1 Å². The van der Waals surface area contributed by atoms with Crippen molar-refractivity contribution < 1.29 is 14.3 Å². The molecule has 1 aliphatic heterocycles. The molecule has 2 amide bonds. The maximum absolute atomic E-state index is 12.6. The molecule has 1 fully saturated rings. The largest absolute Gasteiger partial charge is 0.497 e. The molecule has 2 heterocycles. The first kappa shape index (κ1) is 17.9. The predicted molar refractivity (Wildman–Crippen MR) is 97.9 cm³/mol. The number of pyridine rings is 1. The van der Waals surface area contributed by atoms with Gasteiger partial charge in [0.25, 0.3) is 5.91 Å². The number of amides is 2. The molecule has 1 saturated heterocycles. The van der Waals surface area contributed by atoms with Gasteiger partial charge in [-0.3, -0.25) is 14.6 Å². The third-order valence-electron chi connectivity index (χ3n) is 4.56. The minimum absolute atomic E-state index is 0.0396. The number of hydrogen-bond acceptors (Lipinski definition) is 4. The standard InChI is InChI=1S/C20H23N3O3/c1-26-16-7-4-6-15(14-16)20(25)22-12-10-19(24)23-13-5-9-18(23)17-8-2-3-11-21-17/h2-4,6-8,11,14,18H,5,9-10,12-13H2,1H3,(H,22,25)/t18-/m0/s1. The van der Waals surface area contributed by atoms with Crippen molar-refractivity contribution in [3.8, 4) is 5.75 Å². The van der Waals surface area contributed by atoms with Gasteiger partial charge < -0.3 is 15.0 Å². The number of ether oxygens (including phenoxy) is 1. The molecular formula is C20H23N3O3. The quantitative estimate of drug-likeness (QED) is 0.866. The van der Waals surface area contributed by atoms with E-state index in [0.29, 0.717) is 17.9 Å². The normalized spacial score (nSPS) is 16.3. The summed E-state index contributed by atoms with van der Waals surface area (Å²) >= 11 is 0. The zero-order valence-corrected chi connectivity index (χ0v) is 14.9. The van der Waals surface area contributed by atoms with Gasteiger partial charge in [-0.05, 0) is 43.2 Å². The number of nitrogens with one attached hydrogen (secondary N) is 1. The van der Waals surface area contributed by atoms with Gasteiger partial charge in [0.1, 0.15) is 5.75 Å². The zero-order chi connectivity index (χ0) is 18.4. The Morgan fingerprint density at radius 1 is 1.27 bits per heavy atom. The van der Waals surface area contributed by atoms with E-state index in [1.54, 1.807) is 37.6 Å². The maximum atomic E-state index is 12.6. The highest BCUT2D eigenvalue weighted by molar-refractivity contribution is 5.94. The van der Waals surface area contributed by atoms with Crippen LogP contribution in [0.1, 0.15) is 41.4 Å². The highest BCUT2D eigenvalue weighted by Crippen LogP contribution is 2.30. The summed E-state index contributed by atoms with van der Waals surface area (Å²) in [6.07, 6.45) is 3.94. The molecule has 136 valence electrons. The van der Waals surface area contributed by atoms with E-state index >= 15 is 0 Å². The second-order valence-corrected chi connectivity index (χ2v) is 6.24. The molecule has 0 unspecified atom stereocenters. The lowest BCUT2D eigenvalue weighted by atomic mass is 10.1. The van der Waals surface area contributed by atoms with Crippen LogP contribution in [0, 0.1) is 0 Å². The van der Waals surface area contributed by atoms with Crippen LogP contribution in [-0.2, 0) is 4.79 Å². The van der Waals surface area contributed by atoms with Gasteiger partial charge in [0.15, 0.2) is 0 Å². The average Bonchev–Trinajstić information content (AvgIpc) is 3.18. The van der Waals surface area contributed by atoms with E-state index in [4.69, 9.17) is 4.74 Å². The van der Waals surface area contributed by atoms with Crippen LogP contribution in [0.4, 0.5) is 0 Å². The minimum Gasteiger partial charge on any atom is -0.497 e. The summed E-state index contributed by atoms with van der Waals surface area (Å²) in [5.74, 6) is 0.465. The van der Waals surface area contributed by atoms with E-state index in [0.717, 1.165) is 25.1 Å².